The van der Waals surface area contributed by atoms with E-state index < -0.39 is 8.07 Å². The van der Waals surface area contributed by atoms with Gasteiger partial charge in [-0.2, -0.15) is 0 Å². The van der Waals surface area contributed by atoms with Crippen molar-refractivity contribution in [2.24, 2.45) is 0 Å². The van der Waals surface area contributed by atoms with Gasteiger partial charge in [0, 0.05) is 6.07 Å². The van der Waals surface area contributed by atoms with Gasteiger partial charge in [0.2, 0.25) is 0 Å². The van der Waals surface area contributed by atoms with Crippen LogP contribution in [0.2, 0.25) is 18.1 Å². The van der Waals surface area contributed by atoms with Crippen LogP contribution in [0.3, 0.4) is 0 Å². The molecule has 4 rings (SSSR count). The molecule has 0 bridgehead atoms. The van der Waals surface area contributed by atoms with E-state index in [-0.39, 0.29) is 10.6 Å². The Labute approximate surface area is 149 Å². The maximum atomic E-state index is 12.4. The molecule has 0 aliphatic carbocycles. The summed E-state index contributed by atoms with van der Waals surface area (Å²) in [5.41, 5.74) is 4.30. The van der Waals surface area contributed by atoms with E-state index >= 15 is 0 Å². The van der Waals surface area contributed by atoms with Crippen LogP contribution < -0.4 is 10.7 Å². The lowest BCUT2D eigenvalue weighted by atomic mass is 10.1. The number of fused-ring (bicyclic) bond motifs is 4. The number of hydrogen-bond donors (Lipinski definition) is 0. The average molecular weight is 349 g/mol. The maximum absolute atomic E-state index is 12.4. The third-order valence-electron chi connectivity index (χ3n) is 6.10. The van der Waals surface area contributed by atoms with Crippen LogP contribution in [0, 0.1) is 0 Å². The van der Waals surface area contributed by atoms with Crippen molar-refractivity contribution in [3.63, 3.8) is 0 Å². The monoisotopic (exact) mass is 348 g/mol. The molecule has 0 saturated carbocycles. The average Bonchev–Trinajstić information content (AvgIpc) is 2.91. The standard InChI is InChI=1S/C21H24N2OSi/c1-21(2,3)25(4,5)20-14-9-6-7-10-16(14)22-19-15(20)13-23-17(19)11-8-12-18(23)24/h6-12H,13H2,1-5H3. The molecule has 25 heavy (non-hydrogen) atoms. The van der Waals surface area contributed by atoms with Crippen molar-refractivity contribution < 1.29 is 0 Å². The smallest absolute Gasteiger partial charge is 0.251 e. The summed E-state index contributed by atoms with van der Waals surface area (Å²) < 4.78 is 1.87. The second-order valence-electron chi connectivity index (χ2n) is 8.54. The SMILES string of the molecule is CC(C)(C)[Si](C)(C)c1c2c(nc3ccccc13)-c1cccc(=O)n1C2. The Morgan fingerprint density at radius 1 is 1.04 bits per heavy atom. The minimum Gasteiger partial charge on any atom is -0.302 e. The Balaban J connectivity index is 2.15. The van der Waals surface area contributed by atoms with E-state index in [4.69, 9.17) is 4.98 Å². The second kappa shape index (κ2) is 5.15. The Morgan fingerprint density at radius 2 is 1.76 bits per heavy atom. The maximum Gasteiger partial charge on any atom is 0.251 e. The van der Waals surface area contributed by atoms with Gasteiger partial charge >= 0.3 is 0 Å². The molecule has 0 unspecified atom stereocenters. The van der Waals surface area contributed by atoms with Gasteiger partial charge in [0.15, 0.2) is 0 Å². The van der Waals surface area contributed by atoms with E-state index in [1.165, 1.54) is 16.1 Å². The first-order chi connectivity index (χ1) is 11.7. The van der Waals surface area contributed by atoms with Gasteiger partial charge in [0.25, 0.3) is 5.56 Å². The highest BCUT2D eigenvalue weighted by Crippen LogP contribution is 2.40. The number of hydrogen-bond acceptors (Lipinski definition) is 2. The van der Waals surface area contributed by atoms with Crippen LogP contribution >= 0.6 is 0 Å². The van der Waals surface area contributed by atoms with Gasteiger partial charge in [0.1, 0.15) is 0 Å². The Bertz CT molecular complexity index is 1060. The molecule has 0 N–H and O–H groups in total. The van der Waals surface area contributed by atoms with Crippen LogP contribution in [0.4, 0.5) is 0 Å². The summed E-state index contributed by atoms with van der Waals surface area (Å²) in [6, 6.07) is 13.9. The largest absolute Gasteiger partial charge is 0.302 e. The Morgan fingerprint density at radius 3 is 2.48 bits per heavy atom. The number of nitrogens with zero attached hydrogens (tertiary/aromatic N) is 2. The Hall–Kier alpha value is -2.20. The molecule has 0 amide bonds. The quantitative estimate of drug-likeness (QED) is 0.485. The summed E-state index contributed by atoms with van der Waals surface area (Å²) in [5, 5.41) is 2.93. The fraction of sp³-hybridized carbons (Fsp3) is 0.333. The van der Waals surface area contributed by atoms with E-state index in [0.29, 0.717) is 6.54 Å². The summed E-state index contributed by atoms with van der Waals surface area (Å²) in [6.07, 6.45) is 0. The minimum atomic E-state index is -1.81. The van der Waals surface area contributed by atoms with Crippen molar-refractivity contribution in [2.45, 2.75) is 45.4 Å². The van der Waals surface area contributed by atoms with Gasteiger partial charge in [-0.15, -0.1) is 0 Å². The molecule has 1 aliphatic heterocycles. The van der Waals surface area contributed by atoms with Crippen molar-refractivity contribution in [3.8, 4) is 11.4 Å². The van der Waals surface area contributed by atoms with Gasteiger partial charge in [-0.25, -0.2) is 4.98 Å². The molecule has 0 saturated heterocycles. The summed E-state index contributed by atoms with van der Waals surface area (Å²) in [7, 11) is -1.81. The van der Waals surface area contributed by atoms with E-state index in [0.717, 1.165) is 16.9 Å². The van der Waals surface area contributed by atoms with Gasteiger partial charge in [-0.05, 0) is 33.3 Å². The first-order valence-corrected chi connectivity index (χ1v) is 11.8. The van der Waals surface area contributed by atoms with Crippen molar-refractivity contribution >= 4 is 24.2 Å². The molecule has 0 radical (unpaired) electrons. The number of pyridine rings is 2. The van der Waals surface area contributed by atoms with Gasteiger partial charge in [-0.1, -0.05) is 58.1 Å². The topological polar surface area (TPSA) is 34.9 Å². The van der Waals surface area contributed by atoms with E-state index in [1.54, 1.807) is 6.07 Å². The number of para-hydroxylation sites is 1. The van der Waals surface area contributed by atoms with Crippen LogP contribution in [-0.4, -0.2) is 17.6 Å². The molecule has 0 fully saturated rings. The molecule has 0 spiro atoms. The zero-order valence-electron chi connectivity index (χ0n) is 15.6. The highest BCUT2D eigenvalue weighted by molar-refractivity contribution is 6.94. The molecule has 3 nitrogen and oxygen atoms in total. The molecule has 0 atom stereocenters. The fourth-order valence-electron chi connectivity index (χ4n) is 3.75. The van der Waals surface area contributed by atoms with Crippen molar-refractivity contribution in [1.82, 2.24) is 9.55 Å². The predicted molar refractivity (Wildman–Crippen MR) is 107 cm³/mol. The van der Waals surface area contributed by atoms with Gasteiger partial charge in [0.05, 0.1) is 31.5 Å². The number of benzene rings is 1. The molecule has 2 aromatic heterocycles. The Kier molecular flexibility index (Phi) is 3.35. The normalized spacial score (nSPS) is 13.8. The molecule has 4 heteroatoms. The molecular weight excluding hydrogens is 324 g/mol. The lowest BCUT2D eigenvalue weighted by molar-refractivity contribution is 0.728. The third-order valence-corrected chi connectivity index (χ3v) is 11.7. The molecule has 1 aliphatic rings. The molecular formula is C21H24N2OSi. The van der Waals surface area contributed by atoms with Crippen LogP contribution in [0.1, 0.15) is 26.3 Å². The predicted octanol–water partition coefficient (Wildman–Crippen LogP) is 4.14. The first-order valence-electron chi connectivity index (χ1n) is 8.84. The van der Waals surface area contributed by atoms with Crippen LogP contribution in [0.25, 0.3) is 22.3 Å². The molecule has 128 valence electrons. The first kappa shape index (κ1) is 16.3. The zero-order valence-corrected chi connectivity index (χ0v) is 16.6. The lowest BCUT2D eigenvalue weighted by Gasteiger charge is -2.39. The van der Waals surface area contributed by atoms with Crippen LogP contribution in [0.15, 0.2) is 47.3 Å². The van der Waals surface area contributed by atoms with Crippen LogP contribution in [-0.2, 0) is 6.54 Å². The third kappa shape index (κ3) is 2.24. The summed E-state index contributed by atoms with van der Waals surface area (Å²) in [6.45, 7) is 12.6. The fourth-order valence-corrected chi connectivity index (χ4v) is 6.34. The second-order valence-corrected chi connectivity index (χ2v) is 13.8. The van der Waals surface area contributed by atoms with E-state index in [9.17, 15) is 4.79 Å². The van der Waals surface area contributed by atoms with Gasteiger partial charge < -0.3 is 4.57 Å². The van der Waals surface area contributed by atoms with E-state index in [1.807, 2.05) is 22.8 Å². The highest BCUT2D eigenvalue weighted by Gasteiger charge is 2.41. The number of rotatable bonds is 1. The molecule has 3 heterocycles. The summed E-state index contributed by atoms with van der Waals surface area (Å²) in [4.78, 5) is 17.3. The molecule has 1 aromatic carbocycles. The number of aromatic nitrogens is 2. The zero-order chi connectivity index (χ0) is 18.0. The van der Waals surface area contributed by atoms with Gasteiger partial charge in [-0.3, -0.25) is 4.79 Å². The van der Waals surface area contributed by atoms with Crippen molar-refractivity contribution in [1.29, 1.82) is 0 Å². The summed E-state index contributed by atoms with van der Waals surface area (Å²) in [5.74, 6) is 0. The lowest BCUT2D eigenvalue weighted by Crippen LogP contribution is -2.51. The minimum absolute atomic E-state index is 0.0562. The van der Waals surface area contributed by atoms with E-state index in [2.05, 4.69) is 52.1 Å². The highest BCUT2D eigenvalue weighted by atomic mass is 28.3. The molecule has 3 aromatic rings. The van der Waals surface area contributed by atoms with Crippen LogP contribution in [0.5, 0.6) is 0 Å². The summed E-state index contributed by atoms with van der Waals surface area (Å²) >= 11 is 0. The van der Waals surface area contributed by atoms with Crippen molar-refractivity contribution in [3.05, 3.63) is 58.4 Å². The van der Waals surface area contributed by atoms with Crippen molar-refractivity contribution in [2.75, 3.05) is 0 Å².